The second-order valence-corrected chi connectivity index (χ2v) is 2.68. The van der Waals surface area contributed by atoms with Gasteiger partial charge in [0, 0.05) is 14.2 Å². The van der Waals surface area contributed by atoms with E-state index in [1.807, 2.05) is 0 Å². The number of rotatable bonds is 6. The van der Waals surface area contributed by atoms with Gasteiger partial charge in [0.05, 0.1) is 18.8 Å². The van der Waals surface area contributed by atoms with Crippen molar-refractivity contribution in [2.75, 3.05) is 20.8 Å². The van der Waals surface area contributed by atoms with Crippen molar-refractivity contribution in [2.45, 2.75) is 32.3 Å². The Bertz CT molecular complexity index is 99.2. The first-order valence-electron chi connectivity index (χ1n) is 3.97. The van der Waals surface area contributed by atoms with Gasteiger partial charge in [0.1, 0.15) is 0 Å². The zero-order valence-corrected chi connectivity index (χ0v) is 8.11. The molecule has 2 atom stereocenters. The zero-order chi connectivity index (χ0) is 9.56. The summed E-state index contributed by atoms with van der Waals surface area (Å²) in [6.45, 7) is 3.81. The minimum atomic E-state index is -0.473. The van der Waals surface area contributed by atoms with Crippen molar-refractivity contribution in [2.24, 2.45) is 0 Å². The van der Waals surface area contributed by atoms with Crippen molar-refractivity contribution in [3.63, 3.8) is 0 Å². The van der Waals surface area contributed by atoms with Gasteiger partial charge in [-0.1, -0.05) is 0 Å². The maximum absolute atomic E-state index is 9.07. The highest BCUT2D eigenvalue weighted by atomic mass is 16.7. The number of aliphatic hydroxyl groups is 1. The Balaban J connectivity index is 3.51. The number of aliphatic hydroxyl groups excluding tert-OH is 1. The normalized spacial score (nSPS) is 16.5. The van der Waals surface area contributed by atoms with Crippen molar-refractivity contribution in [1.29, 1.82) is 0 Å². The topological polar surface area (TPSA) is 47.9 Å². The number of ether oxygens (including phenoxy) is 3. The summed E-state index contributed by atoms with van der Waals surface area (Å²) in [5.41, 5.74) is 0. The van der Waals surface area contributed by atoms with Crippen molar-refractivity contribution >= 4 is 0 Å². The number of methoxy groups -OCH3 is 2. The maximum Gasteiger partial charge on any atom is 0.180 e. The lowest BCUT2D eigenvalue weighted by Crippen LogP contribution is -2.29. The van der Waals surface area contributed by atoms with E-state index in [2.05, 4.69) is 0 Å². The van der Waals surface area contributed by atoms with Crippen LogP contribution in [0.15, 0.2) is 0 Å². The molecule has 74 valence electrons. The minimum Gasteiger partial charge on any atom is -0.391 e. The SMILES string of the molecule is COC(CO[C@H](C)[C@H](C)O)OC. The van der Waals surface area contributed by atoms with E-state index in [9.17, 15) is 0 Å². The first kappa shape index (κ1) is 11.8. The number of hydrogen-bond donors (Lipinski definition) is 1. The fourth-order valence-electron chi connectivity index (χ4n) is 0.602. The average molecular weight is 178 g/mol. The van der Waals surface area contributed by atoms with Gasteiger partial charge in [-0.25, -0.2) is 0 Å². The van der Waals surface area contributed by atoms with Gasteiger partial charge in [-0.2, -0.15) is 0 Å². The molecule has 0 saturated carbocycles. The Kier molecular flexibility index (Phi) is 6.28. The molecule has 0 spiro atoms. The monoisotopic (exact) mass is 178 g/mol. The molecule has 1 N–H and O–H groups in total. The van der Waals surface area contributed by atoms with Crippen LogP contribution in [0.3, 0.4) is 0 Å². The van der Waals surface area contributed by atoms with E-state index >= 15 is 0 Å². The second-order valence-electron chi connectivity index (χ2n) is 2.68. The summed E-state index contributed by atoms with van der Waals surface area (Å²) in [6, 6.07) is 0. The smallest absolute Gasteiger partial charge is 0.180 e. The highest BCUT2D eigenvalue weighted by molar-refractivity contribution is 4.57. The van der Waals surface area contributed by atoms with Crippen LogP contribution >= 0.6 is 0 Å². The van der Waals surface area contributed by atoms with Crippen LogP contribution in [0.25, 0.3) is 0 Å². The van der Waals surface area contributed by atoms with Gasteiger partial charge in [-0.05, 0) is 13.8 Å². The largest absolute Gasteiger partial charge is 0.391 e. The molecule has 0 amide bonds. The molecular weight excluding hydrogens is 160 g/mol. The lowest BCUT2D eigenvalue weighted by Gasteiger charge is -2.19. The molecule has 0 rings (SSSR count). The van der Waals surface area contributed by atoms with E-state index in [0.29, 0.717) is 6.61 Å². The molecule has 0 aliphatic carbocycles. The summed E-state index contributed by atoms with van der Waals surface area (Å²) in [4.78, 5) is 0. The van der Waals surface area contributed by atoms with Crippen molar-refractivity contribution in [3.8, 4) is 0 Å². The van der Waals surface area contributed by atoms with Gasteiger partial charge in [0.15, 0.2) is 6.29 Å². The summed E-state index contributed by atoms with van der Waals surface area (Å²) in [5, 5.41) is 9.07. The molecular formula is C8H18O4. The van der Waals surface area contributed by atoms with Crippen LogP contribution in [0.2, 0.25) is 0 Å². The molecule has 0 radical (unpaired) electrons. The third-order valence-corrected chi connectivity index (χ3v) is 1.70. The van der Waals surface area contributed by atoms with Crippen LogP contribution in [0.5, 0.6) is 0 Å². The molecule has 0 aliphatic heterocycles. The predicted molar refractivity (Wildman–Crippen MR) is 44.9 cm³/mol. The van der Waals surface area contributed by atoms with Crippen LogP contribution in [-0.4, -0.2) is 44.4 Å². The van der Waals surface area contributed by atoms with E-state index in [-0.39, 0.29) is 12.4 Å². The third-order valence-electron chi connectivity index (χ3n) is 1.70. The predicted octanol–water partition coefficient (Wildman–Crippen LogP) is 0.391. The van der Waals surface area contributed by atoms with E-state index in [4.69, 9.17) is 19.3 Å². The molecule has 0 aromatic carbocycles. The molecule has 0 aliphatic rings. The van der Waals surface area contributed by atoms with E-state index < -0.39 is 6.10 Å². The van der Waals surface area contributed by atoms with Gasteiger partial charge >= 0.3 is 0 Å². The van der Waals surface area contributed by atoms with Crippen LogP contribution in [-0.2, 0) is 14.2 Å². The van der Waals surface area contributed by atoms with E-state index in [1.54, 1.807) is 28.1 Å². The Morgan fingerprint density at radius 1 is 1.17 bits per heavy atom. The Morgan fingerprint density at radius 2 is 1.67 bits per heavy atom. The number of hydrogen-bond acceptors (Lipinski definition) is 4. The lowest BCUT2D eigenvalue weighted by molar-refractivity contribution is -0.159. The van der Waals surface area contributed by atoms with Gasteiger partial charge < -0.3 is 19.3 Å². The average Bonchev–Trinajstić information content (AvgIpc) is 2.05. The van der Waals surface area contributed by atoms with Crippen molar-refractivity contribution in [1.82, 2.24) is 0 Å². The van der Waals surface area contributed by atoms with Gasteiger partial charge in [-0.3, -0.25) is 0 Å². The Hall–Kier alpha value is -0.160. The van der Waals surface area contributed by atoms with Crippen LogP contribution in [0.4, 0.5) is 0 Å². The summed E-state index contributed by atoms with van der Waals surface area (Å²) in [7, 11) is 3.09. The van der Waals surface area contributed by atoms with Gasteiger partial charge in [-0.15, -0.1) is 0 Å². The Morgan fingerprint density at radius 3 is 2.00 bits per heavy atom. The van der Waals surface area contributed by atoms with Crippen LogP contribution in [0.1, 0.15) is 13.8 Å². The van der Waals surface area contributed by atoms with E-state index in [1.165, 1.54) is 0 Å². The molecule has 0 unspecified atom stereocenters. The summed E-state index contributed by atoms with van der Waals surface area (Å²) >= 11 is 0. The lowest BCUT2D eigenvalue weighted by atomic mass is 10.3. The zero-order valence-electron chi connectivity index (χ0n) is 8.11. The third kappa shape index (κ3) is 4.66. The fraction of sp³-hybridized carbons (Fsp3) is 1.00. The Labute approximate surface area is 73.4 Å². The molecule has 12 heavy (non-hydrogen) atoms. The second kappa shape index (κ2) is 6.37. The molecule has 0 aromatic heterocycles. The molecule has 0 fully saturated rings. The van der Waals surface area contributed by atoms with Crippen molar-refractivity contribution in [3.05, 3.63) is 0 Å². The first-order chi connectivity index (χ1) is 5.61. The molecule has 4 nitrogen and oxygen atoms in total. The molecule has 0 aromatic rings. The molecule has 0 saturated heterocycles. The van der Waals surface area contributed by atoms with Crippen LogP contribution < -0.4 is 0 Å². The summed E-state index contributed by atoms with van der Waals surface area (Å²) in [5.74, 6) is 0. The van der Waals surface area contributed by atoms with E-state index in [0.717, 1.165) is 0 Å². The molecule has 0 bridgehead atoms. The van der Waals surface area contributed by atoms with Crippen LogP contribution in [0, 0.1) is 0 Å². The minimum absolute atomic E-state index is 0.196. The molecule has 4 heteroatoms. The highest BCUT2D eigenvalue weighted by Crippen LogP contribution is 2.00. The summed E-state index contributed by atoms with van der Waals surface area (Å²) < 4.78 is 15.0. The standard InChI is InChI=1S/C8H18O4/c1-6(9)7(2)12-5-8(10-3)11-4/h6-9H,5H2,1-4H3/t6-,7+/m0/s1. The first-order valence-corrected chi connectivity index (χ1v) is 3.97. The fourth-order valence-corrected chi connectivity index (χ4v) is 0.602. The maximum atomic E-state index is 9.07. The highest BCUT2D eigenvalue weighted by Gasteiger charge is 2.12. The van der Waals surface area contributed by atoms with Crippen molar-refractivity contribution < 1.29 is 19.3 Å². The van der Waals surface area contributed by atoms with Gasteiger partial charge in [0.2, 0.25) is 0 Å². The quantitative estimate of drug-likeness (QED) is 0.598. The summed E-state index contributed by atoms with van der Waals surface area (Å²) in [6.07, 6.45) is -1.02. The molecule has 0 heterocycles. The van der Waals surface area contributed by atoms with Gasteiger partial charge in [0.25, 0.3) is 0 Å².